The van der Waals surface area contributed by atoms with Crippen LogP contribution in [-0.4, -0.2) is 11.1 Å². The zero-order chi connectivity index (χ0) is 18.9. The van der Waals surface area contributed by atoms with Crippen LogP contribution < -0.4 is 0 Å². The van der Waals surface area contributed by atoms with Gasteiger partial charge in [-0.3, -0.25) is 4.79 Å². The van der Waals surface area contributed by atoms with E-state index in [2.05, 4.69) is 45.0 Å². The summed E-state index contributed by atoms with van der Waals surface area (Å²) in [5.41, 5.74) is 2.70. The highest BCUT2D eigenvalue weighted by atomic mass is 16.4. The van der Waals surface area contributed by atoms with Crippen molar-refractivity contribution in [3.63, 3.8) is 0 Å². The zero-order valence-corrected chi connectivity index (χ0v) is 17.0. The predicted octanol–water partition coefficient (Wildman–Crippen LogP) is 6.66. The van der Waals surface area contributed by atoms with Crippen LogP contribution in [-0.2, 0) is 17.6 Å². The molecule has 142 valence electrons. The topological polar surface area (TPSA) is 37.3 Å². The van der Waals surface area contributed by atoms with Crippen LogP contribution in [0.5, 0.6) is 0 Å². The first-order valence-electron chi connectivity index (χ1n) is 9.91. The second-order valence-corrected chi connectivity index (χ2v) is 9.33. The Balaban J connectivity index is 2.21. The molecule has 0 atom stereocenters. The third-order valence-electron chi connectivity index (χ3n) is 5.01. The summed E-state index contributed by atoms with van der Waals surface area (Å²) in [5.74, 6) is -0.689. The fraction of sp³-hybridized carbons (Fsp3) is 0.696. The van der Waals surface area contributed by atoms with Crippen molar-refractivity contribution < 1.29 is 9.90 Å². The van der Waals surface area contributed by atoms with Crippen LogP contribution in [0.15, 0.2) is 24.3 Å². The van der Waals surface area contributed by atoms with Crippen LogP contribution in [0.4, 0.5) is 0 Å². The summed E-state index contributed by atoms with van der Waals surface area (Å²) < 4.78 is 0. The second kappa shape index (κ2) is 9.99. The van der Waals surface area contributed by atoms with Gasteiger partial charge in [-0.25, -0.2) is 0 Å². The molecule has 0 spiro atoms. The smallest absolute Gasteiger partial charge is 0.309 e. The summed E-state index contributed by atoms with van der Waals surface area (Å²) in [6, 6.07) is 9.08. The fourth-order valence-corrected chi connectivity index (χ4v) is 3.04. The Labute approximate surface area is 155 Å². The molecule has 0 aliphatic heterocycles. The standard InChI is InChI=1S/C23H38O2/c1-22(2,3)17-10-8-12-20-15-13-19(14-16-20)11-7-6-9-18-23(4,5)21(24)25/h13-16H,6-12,17-18H2,1-5H3,(H,24,25). The van der Waals surface area contributed by atoms with Gasteiger partial charge in [-0.2, -0.15) is 0 Å². The van der Waals surface area contributed by atoms with Gasteiger partial charge in [0.05, 0.1) is 5.41 Å². The SMILES string of the molecule is CC(C)(C)CCCCc1ccc(CCCCCC(C)(C)C(=O)O)cc1. The number of benzene rings is 1. The number of carbonyl (C=O) groups is 1. The van der Waals surface area contributed by atoms with E-state index in [-0.39, 0.29) is 0 Å². The largest absolute Gasteiger partial charge is 0.481 e. The molecule has 25 heavy (non-hydrogen) atoms. The van der Waals surface area contributed by atoms with Crippen molar-refractivity contribution in [2.24, 2.45) is 10.8 Å². The third-order valence-corrected chi connectivity index (χ3v) is 5.01. The van der Waals surface area contributed by atoms with E-state index in [1.165, 1.54) is 36.8 Å². The van der Waals surface area contributed by atoms with Gasteiger partial charge < -0.3 is 5.11 Å². The van der Waals surface area contributed by atoms with Gasteiger partial charge in [-0.05, 0) is 68.9 Å². The van der Waals surface area contributed by atoms with Gasteiger partial charge in [0.1, 0.15) is 0 Å². The summed E-state index contributed by atoms with van der Waals surface area (Å²) in [6.45, 7) is 10.6. The van der Waals surface area contributed by atoms with Crippen molar-refractivity contribution in [1.29, 1.82) is 0 Å². The molecule has 1 aromatic rings. The highest BCUT2D eigenvalue weighted by Crippen LogP contribution is 2.24. The van der Waals surface area contributed by atoms with Gasteiger partial charge in [0.15, 0.2) is 0 Å². The lowest BCUT2D eigenvalue weighted by atomic mass is 9.87. The van der Waals surface area contributed by atoms with E-state index in [4.69, 9.17) is 5.11 Å². The number of aliphatic carboxylic acids is 1. The molecule has 1 N–H and O–H groups in total. The van der Waals surface area contributed by atoms with Crippen molar-refractivity contribution in [2.75, 3.05) is 0 Å². The first-order chi connectivity index (χ1) is 11.6. The molecule has 0 fully saturated rings. The highest BCUT2D eigenvalue weighted by molar-refractivity contribution is 5.73. The fourth-order valence-electron chi connectivity index (χ4n) is 3.04. The molecule has 0 unspecified atom stereocenters. The molecule has 2 heteroatoms. The summed E-state index contributed by atoms with van der Waals surface area (Å²) in [4.78, 5) is 11.1. The normalized spacial score (nSPS) is 12.4. The van der Waals surface area contributed by atoms with Gasteiger partial charge in [-0.15, -0.1) is 0 Å². The van der Waals surface area contributed by atoms with E-state index in [1.807, 2.05) is 13.8 Å². The van der Waals surface area contributed by atoms with E-state index in [0.717, 1.165) is 32.1 Å². The molecule has 0 aliphatic carbocycles. The molecule has 2 nitrogen and oxygen atoms in total. The number of hydrogen-bond acceptors (Lipinski definition) is 1. The van der Waals surface area contributed by atoms with Crippen molar-refractivity contribution in [1.82, 2.24) is 0 Å². The van der Waals surface area contributed by atoms with Crippen LogP contribution in [0.2, 0.25) is 0 Å². The molecule has 0 saturated heterocycles. The minimum absolute atomic E-state index is 0.448. The number of carboxylic acids is 1. The summed E-state index contributed by atoms with van der Waals surface area (Å²) in [7, 11) is 0. The molecule has 0 bridgehead atoms. The number of hydrogen-bond donors (Lipinski definition) is 1. The van der Waals surface area contributed by atoms with Gasteiger partial charge in [0.2, 0.25) is 0 Å². The number of aryl methyl sites for hydroxylation is 2. The minimum Gasteiger partial charge on any atom is -0.481 e. The van der Waals surface area contributed by atoms with Crippen LogP contribution >= 0.6 is 0 Å². The lowest BCUT2D eigenvalue weighted by molar-refractivity contribution is -0.147. The molecular formula is C23H38O2. The monoisotopic (exact) mass is 346 g/mol. The molecule has 1 aromatic carbocycles. The summed E-state index contributed by atoms with van der Waals surface area (Å²) >= 11 is 0. The average molecular weight is 347 g/mol. The molecule has 1 rings (SSSR count). The van der Waals surface area contributed by atoms with Crippen LogP contribution in [0.25, 0.3) is 0 Å². The van der Waals surface area contributed by atoms with Gasteiger partial charge in [0, 0.05) is 0 Å². The predicted molar refractivity (Wildman–Crippen MR) is 107 cm³/mol. The van der Waals surface area contributed by atoms with Crippen molar-refractivity contribution >= 4 is 5.97 Å². The third kappa shape index (κ3) is 9.67. The van der Waals surface area contributed by atoms with E-state index < -0.39 is 11.4 Å². The van der Waals surface area contributed by atoms with Gasteiger partial charge in [0.25, 0.3) is 0 Å². The molecule has 0 amide bonds. The Kier molecular flexibility index (Phi) is 8.68. The molecule has 0 heterocycles. The summed E-state index contributed by atoms with van der Waals surface area (Å²) in [5, 5.41) is 9.12. The van der Waals surface area contributed by atoms with Gasteiger partial charge in [-0.1, -0.05) is 64.3 Å². The quantitative estimate of drug-likeness (QED) is 0.455. The van der Waals surface area contributed by atoms with Crippen LogP contribution in [0, 0.1) is 10.8 Å². The number of unbranched alkanes of at least 4 members (excludes halogenated alkanes) is 3. The zero-order valence-electron chi connectivity index (χ0n) is 17.0. The number of rotatable bonds is 11. The molecule has 0 saturated carbocycles. The minimum atomic E-state index is -0.689. The first-order valence-corrected chi connectivity index (χ1v) is 9.91. The van der Waals surface area contributed by atoms with Crippen molar-refractivity contribution in [2.45, 2.75) is 92.4 Å². The molecule has 0 aliphatic rings. The van der Waals surface area contributed by atoms with E-state index >= 15 is 0 Å². The van der Waals surface area contributed by atoms with E-state index in [9.17, 15) is 4.79 Å². The van der Waals surface area contributed by atoms with Crippen molar-refractivity contribution in [3.05, 3.63) is 35.4 Å². The molecule has 0 radical (unpaired) electrons. The highest BCUT2D eigenvalue weighted by Gasteiger charge is 2.25. The maximum Gasteiger partial charge on any atom is 0.309 e. The Morgan fingerprint density at radius 3 is 1.64 bits per heavy atom. The van der Waals surface area contributed by atoms with E-state index in [1.54, 1.807) is 0 Å². The van der Waals surface area contributed by atoms with E-state index in [0.29, 0.717) is 5.41 Å². The first kappa shape index (κ1) is 21.7. The van der Waals surface area contributed by atoms with Crippen LogP contribution in [0.3, 0.4) is 0 Å². The average Bonchev–Trinajstić information content (AvgIpc) is 2.51. The Hall–Kier alpha value is -1.31. The van der Waals surface area contributed by atoms with Crippen LogP contribution in [0.1, 0.15) is 90.7 Å². The molecule has 0 aromatic heterocycles. The summed E-state index contributed by atoms with van der Waals surface area (Å²) in [6.07, 6.45) is 10.1. The van der Waals surface area contributed by atoms with Crippen molar-refractivity contribution in [3.8, 4) is 0 Å². The maximum atomic E-state index is 11.1. The Bertz CT molecular complexity index is 506. The second-order valence-electron chi connectivity index (χ2n) is 9.33. The number of carboxylic acid groups (broad SMARTS) is 1. The lowest BCUT2D eigenvalue weighted by Gasteiger charge is -2.18. The maximum absolute atomic E-state index is 11.1. The lowest BCUT2D eigenvalue weighted by Crippen LogP contribution is -2.23. The molecular weight excluding hydrogens is 308 g/mol. The van der Waals surface area contributed by atoms with Gasteiger partial charge >= 0.3 is 5.97 Å². The Morgan fingerprint density at radius 2 is 1.20 bits per heavy atom. The Morgan fingerprint density at radius 1 is 0.760 bits per heavy atom.